The molecule has 0 saturated carbocycles. The molecule has 2 aromatic carbocycles. The van der Waals surface area contributed by atoms with Crippen molar-refractivity contribution < 1.29 is 19.1 Å². The molecule has 2 N–H and O–H groups in total. The Kier molecular flexibility index (Phi) is 6.83. The Morgan fingerprint density at radius 2 is 1.97 bits per heavy atom. The van der Waals surface area contributed by atoms with Gasteiger partial charge in [0.15, 0.2) is 22.5 Å². The van der Waals surface area contributed by atoms with Gasteiger partial charge in [0.25, 0.3) is 5.91 Å². The lowest BCUT2D eigenvalue weighted by atomic mass is 10.1. The van der Waals surface area contributed by atoms with Crippen molar-refractivity contribution >= 4 is 29.3 Å². The summed E-state index contributed by atoms with van der Waals surface area (Å²) in [6.45, 7) is 4.40. The SMILES string of the molecule is CCc1cccc(C)c1NC(=O)CSc1nnc(CNC(=O)c2ccc3c(c2)OCO3)n1C. The van der Waals surface area contributed by atoms with Crippen molar-refractivity contribution in [1.29, 1.82) is 0 Å². The normalized spacial score (nSPS) is 12.0. The maximum Gasteiger partial charge on any atom is 0.251 e. The lowest BCUT2D eigenvalue weighted by Crippen LogP contribution is -2.24. The summed E-state index contributed by atoms with van der Waals surface area (Å²) in [6, 6.07) is 11.0. The average Bonchev–Trinajstić information content (AvgIpc) is 3.43. The van der Waals surface area contributed by atoms with E-state index in [1.807, 2.05) is 25.1 Å². The number of para-hydroxylation sites is 1. The summed E-state index contributed by atoms with van der Waals surface area (Å²) < 4.78 is 12.3. The molecule has 0 saturated heterocycles. The molecule has 9 nitrogen and oxygen atoms in total. The molecule has 0 bridgehead atoms. The summed E-state index contributed by atoms with van der Waals surface area (Å²) in [7, 11) is 1.80. The zero-order chi connectivity index (χ0) is 23.4. The van der Waals surface area contributed by atoms with E-state index in [0.717, 1.165) is 23.2 Å². The molecule has 0 radical (unpaired) electrons. The number of rotatable bonds is 8. The molecule has 1 aliphatic rings. The van der Waals surface area contributed by atoms with E-state index in [-0.39, 0.29) is 30.9 Å². The molecule has 172 valence electrons. The van der Waals surface area contributed by atoms with Gasteiger partial charge in [-0.05, 0) is 42.7 Å². The van der Waals surface area contributed by atoms with Crippen molar-refractivity contribution in [3.05, 3.63) is 58.9 Å². The number of nitrogens with zero attached hydrogens (tertiary/aromatic N) is 3. The van der Waals surface area contributed by atoms with E-state index in [0.29, 0.717) is 28.0 Å². The molecule has 0 spiro atoms. The second-order valence-corrected chi connectivity index (χ2v) is 8.45. The van der Waals surface area contributed by atoms with Gasteiger partial charge in [-0.1, -0.05) is 36.9 Å². The number of fused-ring (bicyclic) bond motifs is 1. The zero-order valence-corrected chi connectivity index (χ0v) is 19.5. The van der Waals surface area contributed by atoms with Gasteiger partial charge in [0, 0.05) is 18.3 Å². The molecule has 0 fully saturated rings. The van der Waals surface area contributed by atoms with Crippen LogP contribution in [0.3, 0.4) is 0 Å². The van der Waals surface area contributed by atoms with E-state index in [9.17, 15) is 9.59 Å². The largest absolute Gasteiger partial charge is 0.454 e. The van der Waals surface area contributed by atoms with E-state index >= 15 is 0 Å². The number of nitrogens with one attached hydrogen (secondary N) is 2. The highest BCUT2D eigenvalue weighted by Gasteiger charge is 2.17. The van der Waals surface area contributed by atoms with Gasteiger partial charge in [0.2, 0.25) is 12.7 Å². The standard InChI is InChI=1S/C23H25N5O4S/c1-4-15-7-5-6-14(2)21(15)25-20(29)12-33-23-27-26-19(28(23)3)11-24-22(30)16-8-9-17-18(10-16)32-13-31-17/h5-10H,4,11-13H2,1-3H3,(H,24,30)(H,25,29). The number of hydrogen-bond donors (Lipinski definition) is 2. The number of hydrogen-bond acceptors (Lipinski definition) is 7. The van der Waals surface area contributed by atoms with Gasteiger partial charge in [-0.15, -0.1) is 10.2 Å². The van der Waals surface area contributed by atoms with Crippen LogP contribution in [0.5, 0.6) is 11.5 Å². The monoisotopic (exact) mass is 467 g/mol. The number of aromatic nitrogens is 3. The molecule has 2 heterocycles. The number of carbonyl (C=O) groups excluding carboxylic acids is 2. The van der Waals surface area contributed by atoms with Crippen LogP contribution in [0.2, 0.25) is 0 Å². The van der Waals surface area contributed by atoms with E-state index in [1.165, 1.54) is 11.8 Å². The molecule has 0 atom stereocenters. The van der Waals surface area contributed by atoms with Crippen LogP contribution in [-0.4, -0.2) is 39.1 Å². The topological polar surface area (TPSA) is 107 Å². The second kappa shape index (κ2) is 9.95. The first-order valence-corrected chi connectivity index (χ1v) is 11.5. The fourth-order valence-electron chi connectivity index (χ4n) is 3.43. The highest BCUT2D eigenvalue weighted by molar-refractivity contribution is 7.99. The van der Waals surface area contributed by atoms with E-state index in [4.69, 9.17) is 9.47 Å². The molecule has 1 aliphatic heterocycles. The smallest absolute Gasteiger partial charge is 0.251 e. The molecule has 3 aromatic rings. The third-order valence-corrected chi connectivity index (χ3v) is 6.32. The minimum Gasteiger partial charge on any atom is -0.454 e. The number of thioether (sulfide) groups is 1. The molecule has 33 heavy (non-hydrogen) atoms. The van der Waals surface area contributed by atoms with Crippen LogP contribution in [0.4, 0.5) is 5.69 Å². The third kappa shape index (κ3) is 5.11. The Morgan fingerprint density at radius 1 is 1.15 bits per heavy atom. The first-order valence-electron chi connectivity index (χ1n) is 10.5. The number of benzene rings is 2. The lowest BCUT2D eigenvalue weighted by molar-refractivity contribution is -0.113. The van der Waals surface area contributed by atoms with Crippen LogP contribution in [0.1, 0.15) is 34.2 Å². The van der Waals surface area contributed by atoms with E-state index < -0.39 is 0 Å². The highest BCUT2D eigenvalue weighted by atomic mass is 32.2. The molecular formula is C23H25N5O4S. The molecule has 2 amide bonds. The van der Waals surface area contributed by atoms with Crippen LogP contribution < -0.4 is 20.1 Å². The van der Waals surface area contributed by atoms with Crippen molar-refractivity contribution in [2.24, 2.45) is 7.05 Å². The maximum atomic E-state index is 12.5. The van der Waals surface area contributed by atoms with Crippen molar-refractivity contribution in [2.45, 2.75) is 32.0 Å². The summed E-state index contributed by atoms with van der Waals surface area (Å²) in [6.07, 6.45) is 0.842. The minimum atomic E-state index is -0.255. The Balaban J connectivity index is 1.31. The molecule has 0 unspecified atom stereocenters. The second-order valence-electron chi connectivity index (χ2n) is 7.51. The van der Waals surface area contributed by atoms with Crippen LogP contribution in [0, 0.1) is 6.92 Å². The third-order valence-electron chi connectivity index (χ3n) is 5.30. The van der Waals surface area contributed by atoms with Crippen LogP contribution in [0.15, 0.2) is 41.6 Å². The predicted molar refractivity (Wildman–Crippen MR) is 125 cm³/mol. The Hall–Kier alpha value is -3.53. The summed E-state index contributed by atoms with van der Waals surface area (Å²) in [4.78, 5) is 25.0. The number of anilines is 1. The molecular weight excluding hydrogens is 442 g/mol. The average molecular weight is 468 g/mol. The summed E-state index contributed by atoms with van der Waals surface area (Å²) in [5, 5.41) is 14.7. The Morgan fingerprint density at radius 3 is 2.79 bits per heavy atom. The van der Waals surface area contributed by atoms with Crippen molar-refractivity contribution in [1.82, 2.24) is 20.1 Å². The fourth-order valence-corrected chi connectivity index (χ4v) is 4.16. The molecule has 4 rings (SSSR count). The van der Waals surface area contributed by atoms with Crippen LogP contribution >= 0.6 is 11.8 Å². The van der Waals surface area contributed by atoms with Gasteiger partial charge in [-0.3, -0.25) is 9.59 Å². The van der Waals surface area contributed by atoms with Gasteiger partial charge < -0.3 is 24.7 Å². The summed E-state index contributed by atoms with van der Waals surface area (Å²) >= 11 is 1.29. The Labute approximate surface area is 195 Å². The fraction of sp³-hybridized carbons (Fsp3) is 0.304. The summed E-state index contributed by atoms with van der Waals surface area (Å²) in [5.74, 6) is 1.60. The Bertz CT molecular complexity index is 1190. The lowest BCUT2D eigenvalue weighted by Gasteiger charge is -2.12. The molecule has 10 heteroatoms. The number of amides is 2. The van der Waals surface area contributed by atoms with Crippen LogP contribution in [-0.2, 0) is 24.8 Å². The number of ether oxygens (including phenoxy) is 2. The van der Waals surface area contributed by atoms with Gasteiger partial charge in [0.1, 0.15) is 0 Å². The van der Waals surface area contributed by atoms with Gasteiger partial charge >= 0.3 is 0 Å². The van der Waals surface area contributed by atoms with E-state index in [1.54, 1.807) is 29.8 Å². The van der Waals surface area contributed by atoms with Crippen molar-refractivity contribution in [3.8, 4) is 11.5 Å². The summed E-state index contributed by atoms with van der Waals surface area (Å²) in [5.41, 5.74) is 3.48. The van der Waals surface area contributed by atoms with E-state index in [2.05, 4.69) is 27.8 Å². The van der Waals surface area contributed by atoms with Gasteiger partial charge in [-0.2, -0.15) is 0 Å². The first kappa shape index (κ1) is 22.7. The van der Waals surface area contributed by atoms with Gasteiger partial charge in [-0.25, -0.2) is 0 Å². The zero-order valence-electron chi connectivity index (χ0n) is 18.7. The highest BCUT2D eigenvalue weighted by Crippen LogP contribution is 2.32. The maximum absolute atomic E-state index is 12.5. The quantitative estimate of drug-likeness (QED) is 0.490. The van der Waals surface area contributed by atoms with Crippen molar-refractivity contribution in [3.63, 3.8) is 0 Å². The first-order chi connectivity index (χ1) is 16.0. The molecule has 0 aliphatic carbocycles. The van der Waals surface area contributed by atoms with Crippen molar-refractivity contribution in [2.75, 3.05) is 17.9 Å². The molecule has 1 aromatic heterocycles. The number of aryl methyl sites for hydroxylation is 2. The number of carbonyl (C=O) groups is 2. The minimum absolute atomic E-state index is 0.107. The predicted octanol–water partition coefficient (Wildman–Crippen LogP) is 3.08. The van der Waals surface area contributed by atoms with Gasteiger partial charge in [0.05, 0.1) is 12.3 Å². The van der Waals surface area contributed by atoms with Crippen LogP contribution in [0.25, 0.3) is 0 Å².